The molecule has 0 aliphatic carbocycles. The number of sulfonamides is 1. The van der Waals surface area contributed by atoms with Gasteiger partial charge in [-0.2, -0.15) is 0 Å². The van der Waals surface area contributed by atoms with Crippen LogP contribution in [0.5, 0.6) is 5.75 Å². The summed E-state index contributed by atoms with van der Waals surface area (Å²) < 4.78 is 38.0. The van der Waals surface area contributed by atoms with Crippen LogP contribution in [0.3, 0.4) is 0 Å². The number of benzene rings is 3. The van der Waals surface area contributed by atoms with E-state index in [2.05, 4.69) is 5.32 Å². The molecule has 0 spiro atoms. The van der Waals surface area contributed by atoms with E-state index < -0.39 is 28.5 Å². The van der Waals surface area contributed by atoms with Crippen molar-refractivity contribution in [3.63, 3.8) is 0 Å². The molecule has 8 nitrogen and oxygen atoms in total. The monoisotopic (exact) mass is 480 g/mol. The highest BCUT2D eigenvalue weighted by Crippen LogP contribution is 2.32. The van der Waals surface area contributed by atoms with Gasteiger partial charge in [-0.1, -0.05) is 36.4 Å². The quantitative estimate of drug-likeness (QED) is 0.498. The van der Waals surface area contributed by atoms with Crippen LogP contribution in [-0.2, 0) is 32.5 Å². The molecule has 0 saturated heterocycles. The number of rotatable bonds is 8. The van der Waals surface area contributed by atoms with Gasteiger partial charge in [-0.25, -0.2) is 13.2 Å². The molecular formula is C25H24N2O6S. The highest BCUT2D eigenvalue weighted by Gasteiger charge is 2.31. The summed E-state index contributed by atoms with van der Waals surface area (Å²) in [5.41, 5.74) is 2.49. The first-order valence-corrected chi connectivity index (χ1v) is 12.1. The molecule has 4 rings (SSSR count). The smallest absolute Gasteiger partial charge is 0.338 e. The average molecular weight is 481 g/mol. The Morgan fingerprint density at radius 3 is 2.62 bits per heavy atom. The zero-order chi connectivity index (χ0) is 24.1. The van der Waals surface area contributed by atoms with Crippen LogP contribution in [0.1, 0.15) is 21.5 Å². The molecule has 0 unspecified atom stereocenters. The fourth-order valence-corrected chi connectivity index (χ4v) is 5.27. The van der Waals surface area contributed by atoms with Gasteiger partial charge in [-0.15, -0.1) is 0 Å². The van der Waals surface area contributed by atoms with Crippen LogP contribution in [-0.4, -0.2) is 40.6 Å². The Labute approximate surface area is 198 Å². The third-order valence-corrected chi connectivity index (χ3v) is 7.27. The van der Waals surface area contributed by atoms with E-state index in [0.717, 1.165) is 11.1 Å². The first-order chi connectivity index (χ1) is 16.4. The second kappa shape index (κ2) is 9.96. The van der Waals surface area contributed by atoms with Crippen molar-refractivity contribution in [2.24, 2.45) is 0 Å². The molecule has 1 amide bonds. The lowest BCUT2D eigenvalue weighted by molar-refractivity contribution is -0.124. The number of hydrogen-bond donors (Lipinski definition) is 1. The zero-order valence-corrected chi connectivity index (χ0v) is 19.4. The van der Waals surface area contributed by atoms with E-state index in [0.29, 0.717) is 24.4 Å². The van der Waals surface area contributed by atoms with Crippen molar-refractivity contribution in [1.82, 2.24) is 5.32 Å². The van der Waals surface area contributed by atoms with Gasteiger partial charge < -0.3 is 14.8 Å². The molecule has 0 bridgehead atoms. The Bertz CT molecular complexity index is 1320. The first kappa shape index (κ1) is 23.3. The SMILES string of the molecule is COc1cccc(CNC(=O)COC(=O)c2cccc(S(=O)(=O)N3CCc4ccccc43)c2)c1. The minimum absolute atomic E-state index is 0.0128. The first-order valence-electron chi connectivity index (χ1n) is 10.7. The van der Waals surface area contributed by atoms with Crippen LogP contribution in [0.2, 0.25) is 0 Å². The predicted octanol–water partition coefficient (Wildman–Crippen LogP) is 2.92. The van der Waals surface area contributed by atoms with Gasteiger partial charge in [0.15, 0.2) is 6.61 Å². The van der Waals surface area contributed by atoms with Crippen molar-refractivity contribution in [3.8, 4) is 5.75 Å². The Kier molecular flexibility index (Phi) is 6.83. The topological polar surface area (TPSA) is 102 Å². The third-order valence-electron chi connectivity index (χ3n) is 5.46. The van der Waals surface area contributed by atoms with Crippen molar-refractivity contribution >= 4 is 27.6 Å². The number of fused-ring (bicyclic) bond motifs is 1. The van der Waals surface area contributed by atoms with E-state index in [1.807, 2.05) is 24.3 Å². The number of nitrogens with one attached hydrogen (secondary N) is 1. The lowest BCUT2D eigenvalue weighted by atomic mass is 10.2. The van der Waals surface area contributed by atoms with E-state index in [1.165, 1.54) is 28.6 Å². The highest BCUT2D eigenvalue weighted by atomic mass is 32.2. The summed E-state index contributed by atoms with van der Waals surface area (Å²) in [6.45, 7) is 0.0989. The number of amides is 1. The predicted molar refractivity (Wildman–Crippen MR) is 126 cm³/mol. The molecule has 1 heterocycles. The number of methoxy groups -OCH3 is 1. The molecule has 1 aliphatic heterocycles. The van der Waals surface area contributed by atoms with Crippen LogP contribution in [0.25, 0.3) is 0 Å². The highest BCUT2D eigenvalue weighted by molar-refractivity contribution is 7.92. The van der Waals surface area contributed by atoms with Gasteiger partial charge in [0.25, 0.3) is 15.9 Å². The maximum Gasteiger partial charge on any atom is 0.338 e. The van der Waals surface area contributed by atoms with Gasteiger partial charge in [-0.05, 0) is 53.9 Å². The van der Waals surface area contributed by atoms with E-state index in [9.17, 15) is 18.0 Å². The maximum absolute atomic E-state index is 13.2. The Balaban J connectivity index is 1.38. The number of ether oxygens (including phenoxy) is 2. The largest absolute Gasteiger partial charge is 0.497 e. The molecule has 1 aliphatic rings. The van der Waals surface area contributed by atoms with Crippen LogP contribution in [0.4, 0.5) is 5.69 Å². The molecule has 1 N–H and O–H groups in total. The summed E-state index contributed by atoms with van der Waals surface area (Å²) in [6, 6.07) is 20.2. The van der Waals surface area contributed by atoms with Crippen LogP contribution < -0.4 is 14.4 Å². The van der Waals surface area contributed by atoms with Crippen LogP contribution in [0, 0.1) is 0 Å². The normalized spacial score (nSPS) is 12.7. The second-order valence-electron chi connectivity index (χ2n) is 7.69. The summed E-state index contributed by atoms with van der Waals surface area (Å²) in [7, 11) is -2.29. The number of carbonyl (C=O) groups is 2. The molecule has 0 aromatic heterocycles. The fourth-order valence-electron chi connectivity index (χ4n) is 3.72. The minimum atomic E-state index is -3.85. The molecule has 0 saturated carbocycles. The zero-order valence-electron chi connectivity index (χ0n) is 18.6. The number of carbonyl (C=O) groups excluding carboxylic acids is 2. The Hall–Kier alpha value is -3.85. The van der Waals surface area contributed by atoms with E-state index in [-0.39, 0.29) is 17.0 Å². The molecule has 0 atom stereocenters. The summed E-state index contributed by atoms with van der Waals surface area (Å²) in [5.74, 6) is -0.588. The van der Waals surface area contributed by atoms with Crippen molar-refractivity contribution in [2.75, 3.05) is 24.6 Å². The van der Waals surface area contributed by atoms with E-state index in [4.69, 9.17) is 9.47 Å². The lowest BCUT2D eigenvalue weighted by Gasteiger charge is -2.19. The number of para-hydroxylation sites is 1. The molecule has 34 heavy (non-hydrogen) atoms. The van der Waals surface area contributed by atoms with Gasteiger partial charge in [0.05, 0.1) is 23.3 Å². The van der Waals surface area contributed by atoms with E-state index >= 15 is 0 Å². The van der Waals surface area contributed by atoms with Gasteiger partial charge in [0.1, 0.15) is 5.75 Å². The summed E-state index contributed by atoms with van der Waals surface area (Å²) in [4.78, 5) is 24.6. The molecule has 176 valence electrons. The Morgan fingerprint density at radius 1 is 1.00 bits per heavy atom. The van der Waals surface area contributed by atoms with E-state index in [1.54, 1.807) is 31.4 Å². The lowest BCUT2D eigenvalue weighted by Crippen LogP contribution is -2.29. The van der Waals surface area contributed by atoms with Crippen molar-refractivity contribution in [3.05, 3.63) is 89.5 Å². The molecule has 0 radical (unpaired) electrons. The second-order valence-corrected chi connectivity index (χ2v) is 9.55. The van der Waals surface area contributed by atoms with Gasteiger partial charge in [0.2, 0.25) is 0 Å². The third kappa shape index (κ3) is 5.04. The van der Waals surface area contributed by atoms with Crippen molar-refractivity contribution < 1.29 is 27.5 Å². The number of anilines is 1. The maximum atomic E-state index is 13.2. The fraction of sp³-hybridized carbons (Fsp3) is 0.200. The van der Waals surface area contributed by atoms with Crippen LogP contribution in [0.15, 0.2) is 77.7 Å². The summed E-state index contributed by atoms with van der Waals surface area (Å²) in [6.07, 6.45) is 0.627. The van der Waals surface area contributed by atoms with Crippen molar-refractivity contribution in [2.45, 2.75) is 17.9 Å². The van der Waals surface area contributed by atoms with Crippen molar-refractivity contribution in [1.29, 1.82) is 0 Å². The number of nitrogens with zero attached hydrogens (tertiary/aromatic N) is 1. The molecule has 3 aromatic carbocycles. The average Bonchev–Trinajstić information content (AvgIpc) is 3.31. The van der Waals surface area contributed by atoms with Gasteiger partial charge >= 0.3 is 5.97 Å². The van der Waals surface area contributed by atoms with Gasteiger partial charge in [-0.3, -0.25) is 9.10 Å². The standard InChI is InChI=1S/C25H24N2O6S/c1-32-21-9-4-6-18(14-21)16-26-24(28)17-33-25(29)20-8-5-10-22(15-20)34(30,31)27-13-12-19-7-2-3-11-23(19)27/h2-11,14-15H,12-13,16-17H2,1H3,(H,26,28). The Morgan fingerprint density at radius 2 is 1.79 bits per heavy atom. The van der Waals surface area contributed by atoms with Crippen LogP contribution >= 0.6 is 0 Å². The summed E-state index contributed by atoms with van der Waals surface area (Å²) in [5, 5.41) is 2.66. The summed E-state index contributed by atoms with van der Waals surface area (Å²) >= 11 is 0. The minimum Gasteiger partial charge on any atom is -0.497 e. The van der Waals surface area contributed by atoms with Gasteiger partial charge in [0, 0.05) is 13.1 Å². The molecular weight excluding hydrogens is 456 g/mol. The molecule has 0 fully saturated rings. The number of hydrogen-bond acceptors (Lipinski definition) is 6. The number of esters is 1. The molecule has 3 aromatic rings. The molecule has 9 heteroatoms.